The minimum absolute atomic E-state index is 0.133. The second-order valence-corrected chi connectivity index (χ2v) is 7.81. The number of hydrogen-bond donors (Lipinski definition) is 1. The molecular formula is C21H17BrN2O2S. The predicted octanol–water partition coefficient (Wildman–Crippen LogP) is 5.77. The smallest absolute Gasteiger partial charge is 0.272 e. The largest absolute Gasteiger partial charge is 0.496 e. The molecule has 0 unspecified atom stereocenters. The van der Waals surface area contributed by atoms with Crippen molar-refractivity contribution >= 4 is 49.1 Å². The number of benzene rings is 2. The Labute approximate surface area is 169 Å². The van der Waals surface area contributed by atoms with Crippen molar-refractivity contribution in [1.82, 2.24) is 4.57 Å². The number of nitrogens with zero attached hydrogens (tertiary/aromatic N) is 1. The van der Waals surface area contributed by atoms with Gasteiger partial charge < -0.3 is 14.6 Å². The van der Waals surface area contributed by atoms with Crippen LogP contribution in [0.3, 0.4) is 0 Å². The normalized spacial score (nSPS) is 10.9. The van der Waals surface area contributed by atoms with Crippen LogP contribution >= 0.6 is 27.3 Å². The number of carbonyl (C=O) groups is 1. The van der Waals surface area contributed by atoms with Crippen molar-refractivity contribution in [3.8, 4) is 5.75 Å². The molecule has 0 aliphatic heterocycles. The van der Waals surface area contributed by atoms with E-state index >= 15 is 0 Å². The number of amides is 1. The summed E-state index contributed by atoms with van der Waals surface area (Å²) < 4.78 is 9.57. The number of thiophene rings is 1. The molecule has 0 saturated heterocycles. The number of aromatic nitrogens is 1. The molecule has 2 aromatic carbocycles. The van der Waals surface area contributed by atoms with E-state index in [4.69, 9.17) is 4.74 Å². The number of ether oxygens (including phenoxy) is 1. The minimum Gasteiger partial charge on any atom is -0.496 e. The second-order valence-electron chi connectivity index (χ2n) is 6.04. The van der Waals surface area contributed by atoms with Crippen LogP contribution in [0.25, 0.3) is 10.2 Å². The van der Waals surface area contributed by atoms with Gasteiger partial charge in [-0.15, -0.1) is 11.3 Å². The van der Waals surface area contributed by atoms with Crippen molar-refractivity contribution in [3.05, 3.63) is 81.8 Å². The maximum atomic E-state index is 13.0. The Balaban J connectivity index is 1.77. The number of halogens is 1. The Bertz CT molecular complexity index is 1100. The van der Waals surface area contributed by atoms with Gasteiger partial charge >= 0.3 is 0 Å². The van der Waals surface area contributed by atoms with Crippen LogP contribution < -0.4 is 10.1 Å². The lowest BCUT2D eigenvalue weighted by Gasteiger charge is -2.14. The van der Waals surface area contributed by atoms with Crippen molar-refractivity contribution in [1.29, 1.82) is 0 Å². The van der Waals surface area contributed by atoms with Gasteiger partial charge in [0.1, 0.15) is 11.4 Å². The molecule has 2 aromatic heterocycles. The number of rotatable bonds is 5. The van der Waals surface area contributed by atoms with E-state index in [1.807, 2.05) is 70.6 Å². The first-order valence-electron chi connectivity index (χ1n) is 8.42. The van der Waals surface area contributed by atoms with Gasteiger partial charge in [0.05, 0.1) is 28.3 Å². The summed E-state index contributed by atoms with van der Waals surface area (Å²) in [5.41, 5.74) is 3.43. The van der Waals surface area contributed by atoms with Crippen LogP contribution in [-0.2, 0) is 6.54 Å². The lowest BCUT2D eigenvalue weighted by atomic mass is 10.2. The van der Waals surface area contributed by atoms with Gasteiger partial charge in [-0.25, -0.2) is 0 Å². The van der Waals surface area contributed by atoms with E-state index in [1.54, 1.807) is 18.4 Å². The van der Waals surface area contributed by atoms with Crippen molar-refractivity contribution < 1.29 is 9.53 Å². The summed E-state index contributed by atoms with van der Waals surface area (Å²) in [6, 6.07) is 19.3. The topological polar surface area (TPSA) is 43.3 Å². The molecule has 136 valence electrons. The van der Waals surface area contributed by atoms with Crippen LogP contribution in [0.2, 0.25) is 0 Å². The molecule has 1 amide bonds. The Hall–Kier alpha value is -2.57. The monoisotopic (exact) mass is 440 g/mol. The molecule has 0 spiro atoms. The van der Waals surface area contributed by atoms with Crippen molar-refractivity contribution in [2.45, 2.75) is 6.54 Å². The highest BCUT2D eigenvalue weighted by Gasteiger charge is 2.20. The molecule has 0 aliphatic rings. The summed E-state index contributed by atoms with van der Waals surface area (Å²) in [5.74, 6) is 0.673. The highest BCUT2D eigenvalue weighted by atomic mass is 79.9. The van der Waals surface area contributed by atoms with E-state index in [2.05, 4.69) is 21.2 Å². The number of carbonyl (C=O) groups excluding carboxylic acids is 1. The van der Waals surface area contributed by atoms with E-state index in [-0.39, 0.29) is 5.91 Å². The maximum absolute atomic E-state index is 13.0. The van der Waals surface area contributed by atoms with Crippen molar-refractivity contribution in [2.24, 2.45) is 0 Å². The van der Waals surface area contributed by atoms with Gasteiger partial charge in [0.15, 0.2) is 0 Å². The lowest BCUT2D eigenvalue weighted by Crippen LogP contribution is -2.17. The zero-order valence-electron chi connectivity index (χ0n) is 14.6. The molecule has 0 aliphatic carbocycles. The molecule has 1 N–H and O–H groups in total. The Kier molecular flexibility index (Phi) is 5.01. The fraction of sp³-hybridized carbons (Fsp3) is 0.0952. The Morgan fingerprint density at radius 3 is 2.67 bits per heavy atom. The van der Waals surface area contributed by atoms with E-state index in [1.165, 1.54) is 0 Å². The summed E-state index contributed by atoms with van der Waals surface area (Å²) in [6.45, 7) is 0.542. The molecule has 2 heterocycles. The van der Waals surface area contributed by atoms with Crippen LogP contribution in [0.15, 0.2) is 70.5 Å². The summed E-state index contributed by atoms with van der Waals surface area (Å²) in [7, 11) is 1.66. The van der Waals surface area contributed by atoms with Crippen LogP contribution in [-0.4, -0.2) is 17.6 Å². The number of fused-ring (bicyclic) bond motifs is 1. The van der Waals surface area contributed by atoms with Gasteiger partial charge in [0.2, 0.25) is 0 Å². The zero-order valence-corrected chi connectivity index (χ0v) is 17.0. The molecule has 6 heteroatoms. The van der Waals surface area contributed by atoms with Gasteiger partial charge in [0.25, 0.3) is 5.91 Å². The standard InChI is InChI=1S/C21H17BrN2O2S/c1-26-18-10-6-5-7-14(18)12-24-17(11-19-20(24)16(22)13-27-19)21(25)23-15-8-3-2-4-9-15/h2-11,13H,12H2,1H3,(H,23,25). The molecule has 4 aromatic rings. The molecule has 0 bridgehead atoms. The lowest BCUT2D eigenvalue weighted by molar-refractivity contribution is 0.101. The number of nitrogens with one attached hydrogen (secondary N) is 1. The maximum Gasteiger partial charge on any atom is 0.272 e. The quantitative estimate of drug-likeness (QED) is 0.427. The Morgan fingerprint density at radius 2 is 1.89 bits per heavy atom. The first-order chi connectivity index (χ1) is 13.2. The highest BCUT2D eigenvalue weighted by molar-refractivity contribution is 9.10. The molecule has 0 fully saturated rings. The zero-order chi connectivity index (χ0) is 18.8. The molecule has 27 heavy (non-hydrogen) atoms. The molecular weight excluding hydrogens is 424 g/mol. The van der Waals surface area contributed by atoms with E-state index < -0.39 is 0 Å². The summed E-state index contributed by atoms with van der Waals surface area (Å²) in [6.07, 6.45) is 0. The number of hydrogen-bond acceptors (Lipinski definition) is 3. The minimum atomic E-state index is -0.133. The second kappa shape index (κ2) is 7.58. The van der Waals surface area contributed by atoms with Crippen molar-refractivity contribution in [3.63, 3.8) is 0 Å². The molecule has 4 nitrogen and oxygen atoms in total. The average molecular weight is 441 g/mol. The van der Waals surface area contributed by atoms with E-state index in [0.717, 1.165) is 31.7 Å². The Morgan fingerprint density at radius 1 is 1.15 bits per heavy atom. The molecule has 0 radical (unpaired) electrons. The third-order valence-electron chi connectivity index (χ3n) is 4.36. The van der Waals surface area contributed by atoms with Crippen molar-refractivity contribution in [2.75, 3.05) is 12.4 Å². The van der Waals surface area contributed by atoms with Gasteiger partial charge in [-0.05, 0) is 40.2 Å². The third-order valence-corrected chi connectivity index (χ3v) is 6.19. The first-order valence-corrected chi connectivity index (χ1v) is 10.1. The number of para-hydroxylation sites is 2. The summed E-state index contributed by atoms with van der Waals surface area (Å²) >= 11 is 5.24. The SMILES string of the molecule is COc1ccccc1Cn1c(C(=O)Nc2ccccc2)cc2scc(Br)c21. The van der Waals surface area contributed by atoms with Gasteiger partial charge in [-0.2, -0.15) is 0 Å². The van der Waals surface area contributed by atoms with Crippen LogP contribution in [0, 0.1) is 0 Å². The molecule has 0 saturated carbocycles. The third kappa shape index (κ3) is 3.50. The fourth-order valence-electron chi connectivity index (χ4n) is 3.10. The summed E-state index contributed by atoms with van der Waals surface area (Å²) in [5, 5.41) is 5.03. The first kappa shape index (κ1) is 17.8. The van der Waals surface area contributed by atoms with E-state index in [9.17, 15) is 4.79 Å². The number of anilines is 1. The average Bonchev–Trinajstić information content (AvgIpc) is 3.23. The molecule has 4 rings (SSSR count). The highest BCUT2D eigenvalue weighted by Crippen LogP contribution is 2.34. The van der Waals surface area contributed by atoms with Crippen LogP contribution in [0.4, 0.5) is 5.69 Å². The van der Waals surface area contributed by atoms with E-state index in [0.29, 0.717) is 12.2 Å². The van der Waals surface area contributed by atoms with Gasteiger partial charge in [-0.3, -0.25) is 4.79 Å². The van der Waals surface area contributed by atoms with Gasteiger partial charge in [-0.1, -0.05) is 36.4 Å². The van der Waals surface area contributed by atoms with Crippen LogP contribution in [0.1, 0.15) is 16.1 Å². The predicted molar refractivity (Wildman–Crippen MR) is 114 cm³/mol. The van der Waals surface area contributed by atoms with Crippen LogP contribution in [0.5, 0.6) is 5.75 Å². The summed E-state index contributed by atoms with van der Waals surface area (Å²) in [4.78, 5) is 13.0. The molecule has 0 atom stereocenters. The fourth-order valence-corrected chi connectivity index (χ4v) is 4.80. The number of methoxy groups -OCH3 is 1. The van der Waals surface area contributed by atoms with Gasteiger partial charge in [0, 0.05) is 16.6 Å².